The monoisotopic (exact) mass is 751 g/mol. The maximum Gasteiger partial charge on any atom is 0.0509 e. The number of nitrogens with zero attached hydrogens (tertiary/aromatic N) is 1. The molecule has 6 aliphatic carbocycles. The quantitative estimate of drug-likeness (QED) is 0.173. The summed E-state index contributed by atoms with van der Waals surface area (Å²) in [6.07, 6.45) is 6.96. The van der Waals surface area contributed by atoms with Gasteiger partial charge in [0.1, 0.15) is 0 Å². The third-order valence-electron chi connectivity index (χ3n) is 15.4. The first-order valence-electron chi connectivity index (χ1n) is 21.3. The molecule has 6 aliphatic rings. The van der Waals surface area contributed by atoms with E-state index >= 15 is 0 Å². The minimum Gasteiger partial charge on any atom is -0.310 e. The van der Waals surface area contributed by atoms with Crippen LogP contribution < -0.4 is 4.90 Å². The Kier molecular flexibility index (Phi) is 6.63. The van der Waals surface area contributed by atoms with E-state index in [2.05, 4.69) is 170 Å². The lowest BCUT2D eigenvalue weighted by Gasteiger charge is -2.61. The fraction of sp³-hybridized carbons (Fsp3) is 0.236. The molecule has 0 amide bonds. The van der Waals surface area contributed by atoms with Gasteiger partial charge in [-0.15, -0.1) is 11.3 Å². The van der Waals surface area contributed by atoms with Gasteiger partial charge in [-0.2, -0.15) is 0 Å². The van der Waals surface area contributed by atoms with Gasteiger partial charge in [0, 0.05) is 42.4 Å². The van der Waals surface area contributed by atoms with E-state index in [1.165, 1.54) is 114 Å². The standard InChI is InChI=1S/C55H45NS/c1-54(2)47-14-6-3-10-41(47)43-25-23-40(32-49(43)54)56(39-21-18-35(19-22-39)36-20-24-45-44-12-5-8-17-51(44)57-52(45)31-36)50-16-9-13-46-42-11-4-7-15-48(42)55(53(46)50)37-27-33-26-34(29-37)30-38(55)28-33/h3-25,31-34,37-38H,26-30H2,1-2H3. The summed E-state index contributed by atoms with van der Waals surface area (Å²) in [7, 11) is 0. The van der Waals surface area contributed by atoms with Gasteiger partial charge in [0.2, 0.25) is 0 Å². The van der Waals surface area contributed by atoms with Crippen molar-refractivity contribution >= 4 is 48.6 Å². The summed E-state index contributed by atoms with van der Waals surface area (Å²) in [5, 5.41) is 2.70. The Bertz CT molecular complexity index is 2930. The van der Waals surface area contributed by atoms with E-state index in [0.717, 1.165) is 11.8 Å². The molecule has 0 aliphatic heterocycles. The van der Waals surface area contributed by atoms with Crippen LogP contribution in [0.3, 0.4) is 0 Å². The first kappa shape index (κ1) is 32.6. The summed E-state index contributed by atoms with van der Waals surface area (Å²) >= 11 is 1.90. The number of hydrogen-bond acceptors (Lipinski definition) is 2. The molecule has 57 heavy (non-hydrogen) atoms. The van der Waals surface area contributed by atoms with Gasteiger partial charge < -0.3 is 4.90 Å². The van der Waals surface area contributed by atoms with Gasteiger partial charge in [0.15, 0.2) is 0 Å². The van der Waals surface area contributed by atoms with Gasteiger partial charge in [-0.1, -0.05) is 123 Å². The maximum atomic E-state index is 2.65. The highest BCUT2D eigenvalue weighted by molar-refractivity contribution is 7.25. The van der Waals surface area contributed by atoms with E-state index in [1.54, 1.807) is 11.1 Å². The maximum absolute atomic E-state index is 2.65. The zero-order chi connectivity index (χ0) is 37.6. The molecule has 276 valence electrons. The van der Waals surface area contributed by atoms with Crippen molar-refractivity contribution in [3.63, 3.8) is 0 Å². The lowest BCUT2D eigenvalue weighted by molar-refractivity contribution is -0.0397. The Labute approximate surface area is 339 Å². The van der Waals surface area contributed by atoms with Crippen LogP contribution >= 0.6 is 11.3 Å². The van der Waals surface area contributed by atoms with E-state index in [1.807, 2.05) is 11.3 Å². The minimum atomic E-state index is -0.0831. The number of hydrogen-bond donors (Lipinski definition) is 0. The number of anilines is 3. The van der Waals surface area contributed by atoms with Crippen LogP contribution in [0.2, 0.25) is 0 Å². The lowest BCUT2D eigenvalue weighted by atomic mass is 9.43. The molecule has 0 radical (unpaired) electrons. The Balaban J connectivity index is 1.01. The van der Waals surface area contributed by atoms with Crippen molar-refractivity contribution in [2.45, 2.75) is 56.8 Å². The first-order valence-corrected chi connectivity index (χ1v) is 22.1. The van der Waals surface area contributed by atoms with Crippen molar-refractivity contribution in [3.8, 4) is 33.4 Å². The average Bonchev–Trinajstić information content (AvgIpc) is 3.84. The van der Waals surface area contributed by atoms with E-state index in [-0.39, 0.29) is 10.8 Å². The summed E-state index contributed by atoms with van der Waals surface area (Å²) in [4.78, 5) is 2.65. The van der Waals surface area contributed by atoms with Crippen molar-refractivity contribution in [3.05, 3.63) is 174 Å². The van der Waals surface area contributed by atoms with Crippen molar-refractivity contribution in [2.75, 3.05) is 4.90 Å². The van der Waals surface area contributed by atoms with Gasteiger partial charge in [0.25, 0.3) is 0 Å². The van der Waals surface area contributed by atoms with E-state index < -0.39 is 0 Å². The Morgan fingerprint density at radius 1 is 0.474 bits per heavy atom. The van der Waals surface area contributed by atoms with E-state index in [4.69, 9.17) is 0 Å². The fourth-order valence-electron chi connectivity index (χ4n) is 13.3. The molecular weight excluding hydrogens is 707 g/mol. The summed E-state index contributed by atoms with van der Waals surface area (Å²) in [6.45, 7) is 4.82. The second-order valence-corrected chi connectivity index (χ2v) is 19.6. The van der Waals surface area contributed by atoms with E-state index in [9.17, 15) is 0 Å². The number of fused-ring (bicyclic) bond motifs is 9. The second kappa shape index (κ2) is 11.6. The summed E-state index contributed by atoms with van der Waals surface area (Å²) in [6, 6.07) is 58.5. The van der Waals surface area contributed by atoms with Crippen LogP contribution in [0.25, 0.3) is 53.6 Å². The fourth-order valence-corrected chi connectivity index (χ4v) is 14.5. The minimum absolute atomic E-state index is 0.0556. The van der Waals surface area contributed by atoms with E-state index in [0.29, 0.717) is 11.8 Å². The molecule has 1 nitrogen and oxygen atoms in total. The zero-order valence-electron chi connectivity index (χ0n) is 32.6. The predicted octanol–water partition coefficient (Wildman–Crippen LogP) is 15.2. The van der Waals surface area contributed by atoms with Crippen molar-refractivity contribution < 1.29 is 0 Å². The van der Waals surface area contributed by atoms with Gasteiger partial charge in [-0.05, 0) is 154 Å². The normalized spacial score (nSPS) is 24.2. The number of benzene rings is 7. The third kappa shape index (κ3) is 4.35. The van der Waals surface area contributed by atoms with Crippen LogP contribution in [-0.2, 0) is 10.8 Å². The molecular formula is C55H45NS. The smallest absolute Gasteiger partial charge is 0.0509 e. The van der Waals surface area contributed by atoms with Crippen molar-refractivity contribution in [1.82, 2.24) is 0 Å². The van der Waals surface area contributed by atoms with Crippen LogP contribution in [0.1, 0.15) is 68.2 Å². The van der Waals surface area contributed by atoms with Crippen LogP contribution in [0.4, 0.5) is 17.1 Å². The molecule has 7 aromatic carbocycles. The first-order chi connectivity index (χ1) is 28.0. The second-order valence-electron chi connectivity index (χ2n) is 18.5. The molecule has 4 saturated carbocycles. The molecule has 14 rings (SSSR count). The predicted molar refractivity (Wildman–Crippen MR) is 240 cm³/mol. The lowest BCUT2D eigenvalue weighted by Crippen LogP contribution is -2.55. The van der Waals surface area contributed by atoms with Crippen molar-refractivity contribution in [2.24, 2.45) is 23.7 Å². The van der Waals surface area contributed by atoms with Crippen molar-refractivity contribution in [1.29, 1.82) is 0 Å². The molecule has 0 N–H and O–H groups in total. The molecule has 4 bridgehead atoms. The summed E-state index contributed by atoms with van der Waals surface area (Å²) < 4.78 is 2.70. The number of thiophene rings is 1. The zero-order valence-corrected chi connectivity index (χ0v) is 33.5. The highest BCUT2D eigenvalue weighted by Crippen LogP contribution is 2.71. The third-order valence-corrected chi connectivity index (χ3v) is 16.6. The molecule has 1 spiro atoms. The van der Waals surface area contributed by atoms with Gasteiger partial charge >= 0.3 is 0 Å². The molecule has 8 aromatic rings. The molecule has 1 heterocycles. The summed E-state index contributed by atoms with van der Waals surface area (Å²) in [5.41, 5.74) is 18.1. The van der Waals surface area contributed by atoms with Gasteiger partial charge in [-0.25, -0.2) is 0 Å². The molecule has 0 unspecified atom stereocenters. The number of rotatable bonds is 4. The topological polar surface area (TPSA) is 3.24 Å². The van der Waals surface area contributed by atoms with Gasteiger partial charge in [-0.3, -0.25) is 0 Å². The molecule has 1 aromatic heterocycles. The Morgan fingerprint density at radius 3 is 1.88 bits per heavy atom. The Hall–Kier alpha value is -5.44. The SMILES string of the molecule is CC1(C)c2ccccc2-c2ccc(N(c3ccc(-c4ccc5c(c4)sc4ccccc45)cc3)c3cccc4c3C3(c5ccccc5-4)C4CC5CC(C4)CC3C5)cc21. The average molecular weight is 752 g/mol. The van der Waals surface area contributed by atoms with Crippen LogP contribution in [0.15, 0.2) is 152 Å². The summed E-state index contributed by atoms with van der Waals surface area (Å²) in [5.74, 6) is 3.19. The van der Waals surface area contributed by atoms with Crippen LogP contribution in [0, 0.1) is 23.7 Å². The largest absolute Gasteiger partial charge is 0.310 e. The highest BCUT2D eigenvalue weighted by Gasteiger charge is 2.62. The molecule has 2 heteroatoms. The highest BCUT2D eigenvalue weighted by atomic mass is 32.1. The van der Waals surface area contributed by atoms with Crippen LogP contribution in [-0.4, -0.2) is 0 Å². The molecule has 0 atom stereocenters. The van der Waals surface area contributed by atoms with Gasteiger partial charge in [0.05, 0.1) is 5.69 Å². The molecule has 4 fully saturated rings. The van der Waals surface area contributed by atoms with Crippen LogP contribution in [0.5, 0.6) is 0 Å². The Morgan fingerprint density at radius 2 is 1.09 bits per heavy atom. The molecule has 0 saturated heterocycles.